The summed E-state index contributed by atoms with van der Waals surface area (Å²) in [7, 11) is -3.13. The molecule has 3 rings (SSSR count). The Morgan fingerprint density at radius 3 is 2.52 bits per heavy atom. The second-order valence-corrected chi connectivity index (χ2v) is 8.92. The molecule has 0 amide bonds. The van der Waals surface area contributed by atoms with Gasteiger partial charge in [0, 0.05) is 18.5 Å². The third kappa shape index (κ3) is 3.57. The van der Waals surface area contributed by atoms with Crippen LogP contribution in [0.3, 0.4) is 0 Å². The van der Waals surface area contributed by atoms with Crippen molar-refractivity contribution in [3.8, 4) is 0 Å². The van der Waals surface area contributed by atoms with Gasteiger partial charge in [0.2, 0.25) is 0 Å². The van der Waals surface area contributed by atoms with E-state index in [0.29, 0.717) is 17.5 Å². The van der Waals surface area contributed by atoms with Crippen LogP contribution in [0.5, 0.6) is 0 Å². The van der Waals surface area contributed by atoms with Crippen LogP contribution >= 0.6 is 11.3 Å². The van der Waals surface area contributed by atoms with Gasteiger partial charge in [0.05, 0.1) is 21.4 Å². The molecule has 0 bridgehead atoms. The summed E-state index contributed by atoms with van der Waals surface area (Å²) in [6, 6.07) is 0.309. The Labute approximate surface area is 124 Å². The van der Waals surface area contributed by atoms with E-state index in [0.717, 1.165) is 24.2 Å². The maximum absolute atomic E-state index is 13.0. The highest BCUT2D eigenvalue weighted by Gasteiger charge is 2.40. The first kappa shape index (κ1) is 15.2. The van der Waals surface area contributed by atoms with Crippen LogP contribution in [0, 0.1) is 0 Å². The van der Waals surface area contributed by atoms with Crippen LogP contribution < -0.4 is 5.32 Å². The summed E-state index contributed by atoms with van der Waals surface area (Å²) in [6.07, 6.45) is -2.14. The van der Waals surface area contributed by atoms with E-state index >= 15 is 0 Å². The van der Waals surface area contributed by atoms with E-state index in [1.54, 1.807) is 0 Å². The molecule has 118 valence electrons. The van der Waals surface area contributed by atoms with E-state index in [9.17, 15) is 21.6 Å². The van der Waals surface area contributed by atoms with E-state index in [4.69, 9.17) is 0 Å². The lowest BCUT2D eigenvalue weighted by atomic mass is 10.1. The summed E-state index contributed by atoms with van der Waals surface area (Å²) in [5, 5.41) is 3.36. The van der Waals surface area contributed by atoms with Gasteiger partial charge in [-0.05, 0) is 19.3 Å². The third-order valence-electron chi connectivity index (χ3n) is 3.69. The van der Waals surface area contributed by atoms with Gasteiger partial charge in [0.25, 0.3) is 0 Å². The van der Waals surface area contributed by atoms with Crippen LogP contribution in [-0.2, 0) is 22.6 Å². The minimum Gasteiger partial charge on any atom is -0.309 e. The lowest BCUT2D eigenvalue weighted by molar-refractivity contribution is -0.141. The van der Waals surface area contributed by atoms with Crippen molar-refractivity contribution in [1.29, 1.82) is 0 Å². The van der Waals surface area contributed by atoms with Crippen molar-refractivity contribution in [2.24, 2.45) is 0 Å². The summed E-state index contributed by atoms with van der Waals surface area (Å²) >= 11 is 0.996. The molecule has 1 aliphatic heterocycles. The maximum atomic E-state index is 13.0. The number of alkyl halides is 3. The topological polar surface area (TPSA) is 59.1 Å². The fourth-order valence-corrected chi connectivity index (χ4v) is 5.42. The molecule has 4 nitrogen and oxygen atoms in total. The van der Waals surface area contributed by atoms with Crippen LogP contribution in [0.4, 0.5) is 13.2 Å². The minimum absolute atomic E-state index is 0.0360. The SMILES string of the molecule is O=S1(=O)CCC(c2nc(C(F)(F)F)c(CNC3CC3)s2)C1. The molecule has 1 unspecified atom stereocenters. The number of sulfone groups is 1. The van der Waals surface area contributed by atoms with Crippen LogP contribution in [0.2, 0.25) is 0 Å². The first-order valence-electron chi connectivity index (χ1n) is 6.75. The second kappa shape index (κ2) is 5.20. The van der Waals surface area contributed by atoms with Gasteiger partial charge in [0.1, 0.15) is 0 Å². The number of hydrogen-bond acceptors (Lipinski definition) is 5. The summed E-state index contributed by atoms with van der Waals surface area (Å²) in [5.74, 6) is -0.447. The molecule has 1 saturated carbocycles. The summed E-state index contributed by atoms with van der Waals surface area (Å²) in [5.41, 5.74) is -0.861. The number of thiazole rings is 1. The predicted octanol–water partition coefficient (Wildman–Crippen LogP) is 2.32. The number of nitrogens with zero attached hydrogens (tertiary/aromatic N) is 1. The van der Waals surface area contributed by atoms with E-state index in [-0.39, 0.29) is 22.9 Å². The van der Waals surface area contributed by atoms with Crippen molar-refractivity contribution in [2.45, 2.75) is 43.9 Å². The molecule has 0 aromatic carbocycles. The molecule has 1 aromatic heterocycles. The van der Waals surface area contributed by atoms with E-state index in [1.807, 2.05) is 0 Å². The molecular formula is C12H15F3N2O2S2. The van der Waals surface area contributed by atoms with Crippen molar-refractivity contribution >= 4 is 21.2 Å². The molecule has 1 saturated heterocycles. The smallest absolute Gasteiger partial charge is 0.309 e. The molecule has 21 heavy (non-hydrogen) atoms. The van der Waals surface area contributed by atoms with Gasteiger partial charge in [0.15, 0.2) is 15.5 Å². The van der Waals surface area contributed by atoms with Gasteiger partial charge in [-0.15, -0.1) is 11.3 Å². The Hall–Kier alpha value is -0.670. The molecule has 1 aliphatic carbocycles. The zero-order valence-electron chi connectivity index (χ0n) is 11.1. The zero-order chi connectivity index (χ0) is 15.3. The lowest BCUT2D eigenvalue weighted by Crippen LogP contribution is -2.18. The predicted molar refractivity (Wildman–Crippen MR) is 73.0 cm³/mol. The Balaban J connectivity index is 1.84. The Morgan fingerprint density at radius 2 is 2.00 bits per heavy atom. The molecule has 9 heteroatoms. The molecule has 1 aromatic rings. The Bertz CT molecular complexity index is 635. The quantitative estimate of drug-likeness (QED) is 0.914. The minimum atomic E-state index is -4.49. The summed E-state index contributed by atoms with van der Waals surface area (Å²) < 4.78 is 62.1. The normalized spacial score (nSPS) is 25.4. The fraction of sp³-hybridized carbons (Fsp3) is 0.750. The highest BCUT2D eigenvalue weighted by atomic mass is 32.2. The van der Waals surface area contributed by atoms with Crippen LogP contribution in [0.15, 0.2) is 0 Å². The van der Waals surface area contributed by atoms with E-state index < -0.39 is 27.6 Å². The van der Waals surface area contributed by atoms with Crippen LogP contribution in [0.25, 0.3) is 0 Å². The molecule has 1 N–H and O–H groups in total. The molecular weight excluding hydrogens is 325 g/mol. The van der Waals surface area contributed by atoms with Crippen LogP contribution in [0.1, 0.15) is 40.8 Å². The monoisotopic (exact) mass is 340 g/mol. The number of rotatable bonds is 4. The zero-order valence-corrected chi connectivity index (χ0v) is 12.7. The third-order valence-corrected chi connectivity index (χ3v) is 6.68. The van der Waals surface area contributed by atoms with Gasteiger partial charge in [-0.1, -0.05) is 0 Å². The summed E-state index contributed by atoms with van der Waals surface area (Å²) in [6.45, 7) is 0.149. The van der Waals surface area contributed by atoms with Crippen molar-refractivity contribution in [1.82, 2.24) is 10.3 Å². The first-order chi connectivity index (χ1) is 9.74. The van der Waals surface area contributed by atoms with Crippen molar-refractivity contribution in [3.63, 3.8) is 0 Å². The van der Waals surface area contributed by atoms with Crippen molar-refractivity contribution in [3.05, 3.63) is 15.6 Å². The van der Waals surface area contributed by atoms with Crippen LogP contribution in [-0.4, -0.2) is 30.9 Å². The average Bonchev–Trinajstić information content (AvgIpc) is 2.96. The molecule has 0 radical (unpaired) electrons. The van der Waals surface area contributed by atoms with Gasteiger partial charge in [-0.2, -0.15) is 13.2 Å². The second-order valence-electron chi connectivity index (χ2n) is 5.58. The molecule has 0 spiro atoms. The Kier molecular flexibility index (Phi) is 3.77. The molecule has 2 aliphatic rings. The number of hydrogen-bond donors (Lipinski definition) is 1. The fourth-order valence-electron chi connectivity index (χ4n) is 2.40. The highest BCUT2D eigenvalue weighted by Crippen LogP contribution is 2.39. The summed E-state index contributed by atoms with van der Waals surface area (Å²) in [4.78, 5) is 3.88. The first-order valence-corrected chi connectivity index (χ1v) is 9.39. The maximum Gasteiger partial charge on any atom is 0.434 e. The molecule has 1 atom stereocenters. The largest absolute Gasteiger partial charge is 0.434 e. The van der Waals surface area contributed by atoms with Crippen molar-refractivity contribution < 1.29 is 21.6 Å². The van der Waals surface area contributed by atoms with E-state index in [2.05, 4.69) is 10.3 Å². The Morgan fingerprint density at radius 1 is 1.29 bits per heavy atom. The standard InChI is InChI=1S/C12H15F3N2O2S2/c13-12(14,15)10-9(5-16-8-1-2-8)20-11(17-10)7-3-4-21(18,19)6-7/h7-8,16H,1-6H2. The molecule has 2 heterocycles. The lowest BCUT2D eigenvalue weighted by Gasteiger charge is -2.06. The van der Waals surface area contributed by atoms with E-state index in [1.165, 1.54) is 0 Å². The molecule has 2 fully saturated rings. The van der Waals surface area contributed by atoms with Gasteiger partial charge < -0.3 is 5.32 Å². The number of halogens is 3. The van der Waals surface area contributed by atoms with Gasteiger partial charge >= 0.3 is 6.18 Å². The number of nitrogens with one attached hydrogen (secondary N) is 1. The van der Waals surface area contributed by atoms with Gasteiger partial charge in [-0.25, -0.2) is 13.4 Å². The van der Waals surface area contributed by atoms with Gasteiger partial charge in [-0.3, -0.25) is 0 Å². The van der Waals surface area contributed by atoms with Crippen molar-refractivity contribution in [2.75, 3.05) is 11.5 Å². The highest BCUT2D eigenvalue weighted by molar-refractivity contribution is 7.91. The number of aromatic nitrogens is 1. The average molecular weight is 340 g/mol.